The van der Waals surface area contributed by atoms with Crippen molar-refractivity contribution < 1.29 is 24.2 Å². The van der Waals surface area contributed by atoms with Crippen LogP contribution in [-0.2, 0) is 14.3 Å². The number of nitrogens with zero attached hydrogens (tertiary/aromatic N) is 1. The molecule has 0 aromatic carbocycles. The van der Waals surface area contributed by atoms with Gasteiger partial charge in [0.05, 0.1) is 38.2 Å². The summed E-state index contributed by atoms with van der Waals surface area (Å²) in [5.74, 6) is -0.286. The van der Waals surface area contributed by atoms with Crippen LogP contribution < -0.4 is 10.1 Å². The van der Waals surface area contributed by atoms with Gasteiger partial charge in [-0.25, -0.2) is 4.98 Å². The topological polar surface area (TPSA) is 97.8 Å². The molecule has 7 nitrogen and oxygen atoms in total. The molecule has 2 N–H and O–H groups in total. The highest BCUT2D eigenvalue weighted by atomic mass is 16.5. The minimum atomic E-state index is -0.937. The van der Waals surface area contributed by atoms with Gasteiger partial charge in [-0.05, 0) is 38.7 Å². The second-order valence-corrected chi connectivity index (χ2v) is 6.92. The SMILES string of the molecule is C=CCCCCC(C)(CO)C(=O)N[C@@H](CC(=O)OCC)c1ccc(OC)nc1. The van der Waals surface area contributed by atoms with Crippen molar-refractivity contribution in [1.82, 2.24) is 10.3 Å². The Hall–Kier alpha value is -2.41. The Balaban J connectivity index is 2.93. The monoisotopic (exact) mass is 392 g/mol. The molecular formula is C21H32N2O5. The number of aliphatic hydroxyl groups excluding tert-OH is 1. The Bertz CT molecular complexity index is 632. The van der Waals surface area contributed by atoms with E-state index in [-0.39, 0.29) is 25.5 Å². The fourth-order valence-corrected chi connectivity index (χ4v) is 2.76. The first-order valence-corrected chi connectivity index (χ1v) is 9.58. The summed E-state index contributed by atoms with van der Waals surface area (Å²) in [6.07, 6.45) is 6.48. The molecule has 156 valence electrons. The van der Waals surface area contributed by atoms with Gasteiger partial charge in [-0.2, -0.15) is 0 Å². The smallest absolute Gasteiger partial charge is 0.308 e. The van der Waals surface area contributed by atoms with E-state index in [4.69, 9.17) is 9.47 Å². The standard InChI is InChI=1S/C21H32N2O5/c1-5-7-8-9-12-21(3,15-24)20(26)23-17(13-19(25)28-6-2)16-10-11-18(27-4)22-14-16/h5,10-11,14,17,24H,1,6-9,12-13,15H2,2-4H3,(H,23,26)/t17-,21?/m0/s1. The minimum absolute atomic E-state index is 0.0223. The number of rotatable bonds is 13. The van der Waals surface area contributed by atoms with Gasteiger partial charge in [0.15, 0.2) is 0 Å². The zero-order valence-electron chi connectivity index (χ0n) is 17.1. The van der Waals surface area contributed by atoms with E-state index in [2.05, 4.69) is 16.9 Å². The third-order valence-electron chi connectivity index (χ3n) is 4.64. The number of carbonyl (C=O) groups is 2. The molecule has 1 rings (SSSR count). The Kier molecular flexibility index (Phi) is 10.2. The molecular weight excluding hydrogens is 360 g/mol. The van der Waals surface area contributed by atoms with Crippen molar-refractivity contribution >= 4 is 11.9 Å². The minimum Gasteiger partial charge on any atom is -0.481 e. The summed E-state index contributed by atoms with van der Waals surface area (Å²) >= 11 is 0. The molecule has 0 saturated heterocycles. The fraction of sp³-hybridized carbons (Fsp3) is 0.571. The van der Waals surface area contributed by atoms with Gasteiger partial charge in [0, 0.05) is 12.3 Å². The van der Waals surface area contributed by atoms with E-state index >= 15 is 0 Å². The first-order valence-electron chi connectivity index (χ1n) is 9.58. The van der Waals surface area contributed by atoms with E-state index < -0.39 is 17.4 Å². The molecule has 0 bridgehead atoms. The Morgan fingerprint density at radius 3 is 2.68 bits per heavy atom. The summed E-state index contributed by atoms with van der Waals surface area (Å²) in [4.78, 5) is 29.1. The highest BCUT2D eigenvalue weighted by molar-refractivity contribution is 5.83. The van der Waals surface area contributed by atoms with Gasteiger partial charge in [-0.3, -0.25) is 9.59 Å². The fourth-order valence-electron chi connectivity index (χ4n) is 2.76. The number of hydrogen-bond acceptors (Lipinski definition) is 6. The zero-order valence-corrected chi connectivity index (χ0v) is 17.1. The van der Waals surface area contributed by atoms with Crippen LogP contribution in [0, 0.1) is 5.41 Å². The summed E-state index contributed by atoms with van der Waals surface area (Å²) in [7, 11) is 1.51. The molecule has 0 spiro atoms. The maximum absolute atomic E-state index is 12.9. The van der Waals surface area contributed by atoms with Crippen LogP contribution in [0.4, 0.5) is 0 Å². The molecule has 1 heterocycles. The average molecular weight is 392 g/mol. The first kappa shape index (κ1) is 23.6. The number of allylic oxidation sites excluding steroid dienone is 1. The van der Waals surface area contributed by atoms with Crippen LogP contribution in [0.1, 0.15) is 57.6 Å². The quantitative estimate of drug-likeness (QED) is 0.304. The molecule has 0 saturated carbocycles. The van der Waals surface area contributed by atoms with Gasteiger partial charge in [-0.15, -0.1) is 6.58 Å². The molecule has 1 amide bonds. The molecule has 1 unspecified atom stereocenters. The van der Waals surface area contributed by atoms with Crippen LogP contribution in [0.25, 0.3) is 0 Å². The summed E-state index contributed by atoms with van der Waals surface area (Å²) in [5, 5.41) is 12.7. The largest absolute Gasteiger partial charge is 0.481 e. The molecule has 1 aromatic heterocycles. The number of ether oxygens (including phenoxy) is 2. The van der Waals surface area contributed by atoms with E-state index in [1.165, 1.54) is 7.11 Å². The number of hydrogen-bond donors (Lipinski definition) is 2. The van der Waals surface area contributed by atoms with Gasteiger partial charge < -0.3 is 19.9 Å². The lowest BCUT2D eigenvalue weighted by Gasteiger charge is -2.29. The van der Waals surface area contributed by atoms with Gasteiger partial charge in [0.1, 0.15) is 0 Å². The number of nitrogens with one attached hydrogen (secondary N) is 1. The second kappa shape index (κ2) is 12.1. The van der Waals surface area contributed by atoms with Crippen molar-refractivity contribution in [3.05, 3.63) is 36.5 Å². The molecule has 0 aliphatic heterocycles. The molecule has 0 aliphatic carbocycles. The third-order valence-corrected chi connectivity index (χ3v) is 4.64. The number of pyridine rings is 1. The average Bonchev–Trinajstić information content (AvgIpc) is 2.70. The Morgan fingerprint density at radius 2 is 2.14 bits per heavy atom. The molecule has 0 radical (unpaired) electrons. The van der Waals surface area contributed by atoms with Crippen LogP contribution in [-0.4, -0.2) is 42.3 Å². The highest BCUT2D eigenvalue weighted by Crippen LogP contribution is 2.27. The van der Waals surface area contributed by atoms with Crippen molar-refractivity contribution in [2.24, 2.45) is 5.41 Å². The van der Waals surface area contributed by atoms with Crippen LogP contribution in [0.3, 0.4) is 0 Å². The van der Waals surface area contributed by atoms with Crippen LogP contribution in [0.5, 0.6) is 5.88 Å². The maximum Gasteiger partial charge on any atom is 0.308 e. The number of amides is 1. The van der Waals surface area contributed by atoms with Gasteiger partial charge in [0.2, 0.25) is 11.8 Å². The maximum atomic E-state index is 12.9. The first-order chi connectivity index (χ1) is 13.4. The summed E-state index contributed by atoms with van der Waals surface area (Å²) in [6, 6.07) is 2.81. The highest BCUT2D eigenvalue weighted by Gasteiger charge is 2.34. The van der Waals surface area contributed by atoms with Crippen molar-refractivity contribution in [3.8, 4) is 5.88 Å². The van der Waals surface area contributed by atoms with Crippen molar-refractivity contribution in [3.63, 3.8) is 0 Å². The predicted octanol–water partition coefficient (Wildman–Crippen LogP) is 2.95. The number of unbranched alkanes of at least 4 members (excludes halogenated alkanes) is 2. The Labute approximate surface area is 167 Å². The van der Waals surface area contributed by atoms with Crippen molar-refractivity contribution in [2.75, 3.05) is 20.3 Å². The van der Waals surface area contributed by atoms with Gasteiger partial charge >= 0.3 is 5.97 Å². The van der Waals surface area contributed by atoms with E-state index in [0.29, 0.717) is 17.9 Å². The molecule has 0 fully saturated rings. The summed E-state index contributed by atoms with van der Waals surface area (Å²) in [6.45, 7) is 7.13. The lowest BCUT2D eigenvalue weighted by molar-refractivity contribution is -0.144. The summed E-state index contributed by atoms with van der Waals surface area (Å²) < 4.78 is 10.1. The molecule has 28 heavy (non-hydrogen) atoms. The normalized spacial score (nSPS) is 13.9. The second-order valence-electron chi connectivity index (χ2n) is 6.92. The van der Waals surface area contributed by atoms with Gasteiger partial charge in [-0.1, -0.05) is 18.6 Å². The molecule has 2 atom stereocenters. The van der Waals surface area contributed by atoms with E-state index in [9.17, 15) is 14.7 Å². The zero-order chi connectivity index (χ0) is 21.0. The van der Waals surface area contributed by atoms with Crippen LogP contribution in [0.15, 0.2) is 31.0 Å². The lowest BCUT2D eigenvalue weighted by Crippen LogP contribution is -2.43. The lowest BCUT2D eigenvalue weighted by atomic mass is 9.84. The Morgan fingerprint density at radius 1 is 1.39 bits per heavy atom. The molecule has 0 aliphatic rings. The van der Waals surface area contributed by atoms with Crippen molar-refractivity contribution in [2.45, 2.75) is 52.0 Å². The van der Waals surface area contributed by atoms with E-state index in [1.54, 1.807) is 32.2 Å². The summed E-state index contributed by atoms with van der Waals surface area (Å²) in [5.41, 5.74) is -0.275. The number of esters is 1. The number of methoxy groups -OCH3 is 1. The van der Waals surface area contributed by atoms with Crippen molar-refractivity contribution in [1.29, 1.82) is 0 Å². The van der Waals surface area contributed by atoms with Gasteiger partial charge in [0.25, 0.3) is 0 Å². The number of aromatic nitrogens is 1. The molecule has 7 heteroatoms. The van der Waals surface area contributed by atoms with Crippen LogP contribution in [0.2, 0.25) is 0 Å². The third kappa shape index (κ3) is 7.31. The van der Waals surface area contributed by atoms with Crippen LogP contribution >= 0.6 is 0 Å². The predicted molar refractivity (Wildman–Crippen MR) is 107 cm³/mol. The number of carbonyl (C=O) groups excluding carboxylic acids is 2. The van der Waals surface area contributed by atoms with E-state index in [0.717, 1.165) is 19.3 Å². The van der Waals surface area contributed by atoms with E-state index in [1.807, 2.05) is 6.08 Å². The number of aliphatic hydroxyl groups is 1. The molecule has 1 aromatic rings.